The number of hydrogen-bond donors (Lipinski definition) is 0. The Morgan fingerprint density at radius 3 is 2.71 bits per heavy atom. The lowest BCUT2D eigenvalue weighted by atomic mass is 10.0. The van der Waals surface area contributed by atoms with Gasteiger partial charge in [0, 0.05) is 10.3 Å². The van der Waals surface area contributed by atoms with Crippen LogP contribution < -0.4 is 4.74 Å². The molecule has 0 aliphatic carbocycles. The fraction of sp³-hybridized carbons (Fsp3) is 0.263. The smallest absolute Gasteiger partial charge is 0.123 e. The molecule has 3 rings (SSSR count). The third kappa shape index (κ3) is 2.96. The van der Waals surface area contributed by atoms with Crippen LogP contribution in [0.4, 0.5) is 0 Å². The second kappa shape index (κ2) is 5.90. The van der Waals surface area contributed by atoms with Gasteiger partial charge in [0.25, 0.3) is 0 Å². The Bertz CT molecular complexity index is 755. The third-order valence-corrected chi connectivity index (χ3v) is 4.84. The number of thiophene rings is 1. The Labute approximate surface area is 130 Å². The van der Waals surface area contributed by atoms with Crippen LogP contribution in [0.3, 0.4) is 0 Å². The normalized spacial score (nSPS) is 11.2. The average Bonchev–Trinajstić information content (AvgIpc) is 2.89. The van der Waals surface area contributed by atoms with Crippen LogP contribution in [-0.4, -0.2) is 0 Å². The van der Waals surface area contributed by atoms with Gasteiger partial charge in [0.05, 0.1) is 0 Å². The van der Waals surface area contributed by atoms with E-state index in [2.05, 4.69) is 68.6 Å². The molecule has 0 aliphatic heterocycles. The second-order valence-electron chi connectivity index (χ2n) is 5.73. The van der Waals surface area contributed by atoms with Crippen molar-refractivity contribution in [3.63, 3.8) is 0 Å². The highest BCUT2D eigenvalue weighted by atomic mass is 32.1. The van der Waals surface area contributed by atoms with E-state index in [1.54, 1.807) is 11.3 Å². The summed E-state index contributed by atoms with van der Waals surface area (Å²) in [6.07, 6.45) is 0. The molecule has 0 amide bonds. The van der Waals surface area contributed by atoms with Gasteiger partial charge in [-0.05, 0) is 46.9 Å². The van der Waals surface area contributed by atoms with Gasteiger partial charge >= 0.3 is 0 Å². The van der Waals surface area contributed by atoms with E-state index in [1.165, 1.54) is 26.8 Å². The van der Waals surface area contributed by atoms with Crippen LogP contribution in [-0.2, 0) is 6.61 Å². The van der Waals surface area contributed by atoms with Crippen molar-refractivity contribution in [1.82, 2.24) is 0 Å². The van der Waals surface area contributed by atoms with Crippen LogP contribution in [0.5, 0.6) is 5.75 Å². The Morgan fingerprint density at radius 1 is 1.10 bits per heavy atom. The minimum absolute atomic E-state index is 0.523. The van der Waals surface area contributed by atoms with E-state index in [4.69, 9.17) is 4.74 Å². The number of hydrogen-bond acceptors (Lipinski definition) is 2. The molecule has 21 heavy (non-hydrogen) atoms. The lowest BCUT2D eigenvalue weighted by Crippen LogP contribution is -1.98. The molecule has 0 saturated carbocycles. The Balaban J connectivity index is 1.83. The van der Waals surface area contributed by atoms with E-state index in [9.17, 15) is 0 Å². The first kappa shape index (κ1) is 14.2. The molecule has 2 heteroatoms. The van der Waals surface area contributed by atoms with E-state index >= 15 is 0 Å². The first-order valence-electron chi connectivity index (χ1n) is 7.33. The van der Waals surface area contributed by atoms with Crippen LogP contribution in [0.25, 0.3) is 10.1 Å². The van der Waals surface area contributed by atoms with Gasteiger partial charge < -0.3 is 4.74 Å². The topological polar surface area (TPSA) is 9.23 Å². The summed E-state index contributed by atoms with van der Waals surface area (Å²) in [7, 11) is 0. The lowest BCUT2D eigenvalue weighted by molar-refractivity contribution is 0.305. The predicted octanol–water partition coefficient (Wildman–Crippen LogP) is 5.91. The molecule has 2 aromatic carbocycles. The van der Waals surface area contributed by atoms with Gasteiger partial charge in [-0.1, -0.05) is 44.2 Å². The van der Waals surface area contributed by atoms with Gasteiger partial charge in [-0.2, -0.15) is 0 Å². The van der Waals surface area contributed by atoms with Gasteiger partial charge in [0.1, 0.15) is 12.4 Å². The maximum Gasteiger partial charge on any atom is 0.123 e. The highest BCUT2D eigenvalue weighted by molar-refractivity contribution is 7.17. The fourth-order valence-corrected chi connectivity index (χ4v) is 3.38. The van der Waals surface area contributed by atoms with E-state index in [0.717, 1.165) is 5.75 Å². The van der Waals surface area contributed by atoms with Crippen LogP contribution in [0, 0.1) is 6.92 Å². The van der Waals surface area contributed by atoms with Crippen molar-refractivity contribution in [2.75, 3.05) is 0 Å². The number of benzene rings is 2. The molecule has 0 bridgehead atoms. The number of ether oxygens (including phenoxy) is 1. The summed E-state index contributed by atoms with van der Waals surface area (Å²) in [4.78, 5) is 0. The molecule has 0 radical (unpaired) electrons. The molecule has 0 unspecified atom stereocenters. The maximum absolute atomic E-state index is 6.09. The molecule has 108 valence electrons. The van der Waals surface area contributed by atoms with Crippen LogP contribution in [0.2, 0.25) is 0 Å². The predicted molar refractivity (Wildman–Crippen MR) is 91.4 cm³/mol. The minimum Gasteiger partial charge on any atom is -0.489 e. The van der Waals surface area contributed by atoms with Crippen LogP contribution in [0.15, 0.2) is 47.8 Å². The van der Waals surface area contributed by atoms with Gasteiger partial charge in [-0.15, -0.1) is 11.3 Å². The summed E-state index contributed by atoms with van der Waals surface area (Å²) >= 11 is 1.78. The summed E-state index contributed by atoms with van der Waals surface area (Å²) in [5, 5.41) is 3.51. The second-order valence-corrected chi connectivity index (χ2v) is 6.64. The maximum atomic E-state index is 6.09. The molecule has 1 nitrogen and oxygen atoms in total. The number of aryl methyl sites for hydroxylation is 1. The van der Waals surface area contributed by atoms with Crippen molar-refractivity contribution in [2.24, 2.45) is 0 Å². The summed E-state index contributed by atoms with van der Waals surface area (Å²) in [6.45, 7) is 7.15. The minimum atomic E-state index is 0.523. The molecule has 0 spiro atoms. The first-order valence-corrected chi connectivity index (χ1v) is 8.21. The van der Waals surface area contributed by atoms with Crippen molar-refractivity contribution >= 4 is 21.4 Å². The molecule has 0 atom stereocenters. The standard InChI is InChI=1S/C19H20OS/c1-13(2)15-9-8-14(3)18(10-15)20-11-16-12-21-19-7-5-4-6-17(16)19/h4-10,12-13H,11H2,1-3H3. The number of rotatable bonds is 4. The van der Waals surface area contributed by atoms with Gasteiger partial charge in [-0.25, -0.2) is 0 Å². The van der Waals surface area contributed by atoms with E-state index in [1.807, 2.05) is 0 Å². The summed E-state index contributed by atoms with van der Waals surface area (Å²) < 4.78 is 7.41. The van der Waals surface area contributed by atoms with Crippen LogP contribution in [0.1, 0.15) is 36.5 Å². The highest BCUT2D eigenvalue weighted by Gasteiger charge is 2.07. The van der Waals surface area contributed by atoms with Crippen molar-refractivity contribution in [3.8, 4) is 5.75 Å². The molecule has 3 aromatic rings. The van der Waals surface area contributed by atoms with E-state index in [0.29, 0.717) is 12.5 Å². The zero-order valence-electron chi connectivity index (χ0n) is 12.7. The Kier molecular flexibility index (Phi) is 3.98. The molecule has 0 saturated heterocycles. The monoisotopic (exact) mass is 296 g/mol. The summed E-state index contributed by atoms with van der Waals surface area (Å²) in [6, 6.07) is 15.0. The van der Waals surface area contributed by atoms with Crippen LogP contribution >= 0.6 is 11.3 Å². The highest BCUT2D eigenvalue weighted by Crippen LogP contribution is 2.29. The molecule has 1 heterocycles. The SMILES string of the molecule is Cc1ccc(C(C)C)cc1OCc1csc2ccccc12. The van der Waals surface area contributed by atoms with Crippen molar-refractivity contribution in [1.29, 1.82) is 0 Å². The largest absolute Gasteiger partial charge is 0.489 e. The van der Waals surface area contributed by atoms with E-state index in [-0.39, 0.29) is 0 Å². The molecule has 0 N–H and O–H groups in total. The Hall–Kier alpha value is -1.80. The fourth-order valence-electron chi connectivity index (χ4n) is 2.43. The Morgan fingerprint density at radius 2 is 1.90 bits per heavy atom. The summed E-state index contributed by atoms with van der Waals surface area (Å²) in [5.74, 6) is 1.52. The lowest BCUT2D eigenvalue weighted by Gasteiger charge is -2.12. The van der Waals surface area contributed by atoms with Gasteiger partial charge in [0.15, 0.2) is 0 Å². The zero-order chi connectivity index (χ0) is 14.8. The molecular formula is C19H20OS. The first-order chi connectivity index (χ1) is 10.1. The third-order valence-electron chi connectivity index (χ3n) is 3.82. The molecular weight excluding hydrogens is 276 g/mol. The van der Waals surface area contributed by atoms with Crippen molar-refractivity contribution in [3.05, 3.63) is 64.5 Å². The molecule has 1 aromatic heterocycles. The van der Waals surface area contributed by atoms with Gasteiger partial charge in [0.2, 0.25) is 0 Å². The number of fused-ring (bicyclic) bond motifs is 1. The van der Waals surface area contributed by atoms with Gasteiger partial charge in [-0.3, -0.25) is 0 Å². The summed E-state index contributed by atoms with van der Waals surface area (Å²) in [5.41, 5.74) is 3.79. The van der Waals surface area contributed by atoms with Crippen molar-refractivity contribution in [2.45, 2.75) is 33.3 Å². The van der Waals surface area contributed by atoms with E-state index < -0.39 is 0 Å². The zero-order valence-corrected chi connectivity index (χ0v) is 13.5. The molecule has 0 aliphatic rings. The van der Waals surface area contributed by atoms with Crippen molar-refractivity contribution < 1.29 is 4.74 Å². The molecule has 0 fully saturated rings. The average molecular weight is 296 g/mol. The quantitative estimate of drug-likeness (QED) is 0.581.